The number of allylic oxidation sites excluding steroid dienone is 2. The molecule has 2 aromatic rings. The number of nitrogens with zero attached hydrogens (tertiary/aromatic N) is 1. The molecule has 0 radical (unpaired) electrons. The Morgan fingerprint density at radius 1 is 1.06 bits per heavy atom. The van der Waals surface area contributed by atoms with Gasteiger partial charge in [0.2, 0.25) is 17.7 Å². The van der Waals surface area contributed by atoms with E-state index in [9.17, 15) is 27.6 Å². The lowest BCUT2D eigenvalue weighted by molar-refractivity contribution is -0.139. The van der Waals surface area contributed by atoms with Crippen molar-refractivity contribution in [2.24, 2.45) is 17.6 Å². The van der Waals surface area contributed by atoms with Crippen LogP contribution in [0.4, 0.5) is 4.79 Å². The molecule has 2 aliphatic rings. The normalized spacial score (nSPS) is 20.1. The van der Waals surface area contributed by atoms with Gasteiger partial charge >= 0.3 is 16.3 Å². The third kappa shape index (κ3) is 11.0. The number of unbranched alkanes of at least 4 members (excludes halogenated alkanes) is 3. The third-order valence-electron chi connectivity index (χ3n) is 8.58. The van der Waals surface area contributed by atoms with E-state index in [1.807, 2.05) is 54.6 Å². The predicted molar refractivity (Wildman–Crippen MR) is 184 cm³/mol. The Kier molecular flexibility index (Phi) is 12.6. The van der Waals surface area contributed by atoms with Gasteiger partial charge in [-0.3, -0.25) is 14.4 Å². The average Bonchev–Trinajstić information content (AvgIpc) is 3.62. The first-order chi connectivity index (χ1) is 22.7. The number of amides is 4. The van der Waals surface area contributed by atoms with Crippen molar-refractivity contribution in [3.8, 4) is 0 Å². The minimum Gasteiger partial charge on any atom is -0.444 e. The van der Waals surface area contributed by atoms with E-state index in [-0.39, 0.29) is 24.3 Å². The van der Waals surface area contributed by atoms with E-state index < -0.39 is 45.8 Å². The quantitative estimate of drug-likeness (QED) is 0.153. The molecule has 0 aromatic heterocycles. The summed E-state index contributed by atoms with van der Waals surface area (Å²) in [6.45, 7) is 5.81. The Hall–Kier alpha value is -3.97. The van der Waals surface area contributed by atoms with Crippen molar-refractivity contribution in [3.05, 3.63) is 60.2 Å². The predicted octanol–water partition coefficient (Wildman–Crippen LogP) is 3.85. The maximum absolute atomic E-state index is 13.3. The zero-order valence-electron chi connectivity index (χ0n) is 28.1. The molecule has 1 unspecified atom stereocenters. The Morgan fingerprint density at radius 2 is 1.81 bits per heavy atom. The van der Waals surface area contributed by atoms with Crippen LogP contribution in [0, 0.1) is 11.8 Å². The summed E-state index contributed by atoms with van der Waals surface area (Å²) >= 11 is 0. The Morgan fingerprint density at radius 3 is 2.56 bits per heavy atom. The fourth-order valence-corrected chi connectivity index (χ4v) is 6.95. The summed E-state index contributed by atoms with van der Waals surface area (Å²) < 4.78 is 35.0. The number of rotatable bonds is 16. The fourth-order valence-electron chi connectivity index (χ4n) is 6.10. The monoisotopic (exact) mass is 683 g/mol. The van der Waals surface area contributed by atoms with Crippen LogP contribution in [0.3, 0.4) is 0 Å². The van der Waals surface area contributed by atoms with E-state index in [4.69, 9.17) is 10.5 Å². The van der Waals surface area contributed by atoms with Crippen molar-refractivity contribution >= 4 is 44.8 Å². The van der Waals surface area contributed by atoms with E-state index >= 15 is 0 Å². The van der Waals surface area contributed by atoms with Crippen molar-refractivity contribution in [2.45, 2.75) is 96.2 Å². The number of fused-ring (bicyclic) bond motifs is 1. The van der Waals surface area contributed by atoms with E-state index in [1.165, 1.54) is 4.90 Å². The summed E-state index contributed by atoms with van der Waals surface area (Å²) in [6.07, 6.45) is 8.97. The van der Waals surface area contributed by atoms with Crippen molar-refractivity contribution < 1.29 is 32.3 Å². The molecule has 262 valence electrons. The van der Waals surface area contributed by atoms with Gasteiger partial charge in [-0.05, 0) is 88.0 Å². The van der Waals surface area contributed by atoms with Crippen LogP contribution in [0.1, 0.15) is 77.7 Å². The van der Waals surface area contributed by atoms with Gasteiger partial charge in [0.1, 0.15) is 17.7 Å². The van der Waals surface area contributed by atoms with Crippen LogP contribution in [0.2, 0.25) is 0 Å². The standard InChI is InChI=1S/C35H49N5O7S/c1-35(2,3)47-34(44)38-29(33(43)40-22-12-19-30(40)31(36)41)18-8-6-4-5-7-14-26-23-28(26)32(42)39-48(45,46)37-21-20-25-16-11-15-24-13-9-10-17-27(24)25/h7,9-11,13-17,26,28-30,37H,4-6,8,12,18-23H2,1-3H3,(H2,36,41)(H,38,44)(H,39,42)/b14-7-/t26?,28-,29-,30-/m0/s1. The number of hydrogen-bond donors (Lipinski definition) is 4. The second kappa shape index (κ2) is 16.4. The Bertz CT molecular complexity index is 1600. The lowest BCUT2D eigenvalue weighted by Gasteiger charge is -2.28. The maximum atomic E-state index is 13.3. The summed E-state index contributed by atoms with van der Waals surface area (Å²) in [5.41, 5.74) is 5.81. The van der Waals surface area contributed by atoms with Crippen LogP contribution in [0.25, 0.3) is 10.8 Å². The summed E-state index contributed by atoms with van der Waals surface area (Å²) in [4.78, 5) is 51.7. The number of likely N-dealkylation sites (tertiary alicyclic amines) is 1. The summed E-state index contributed by atoms with van der Waals surface area (Å²) in [5, 5.41) is 4.85. The Labute approximate surface area is 283 Å². The van der Waals surface area contributed by atoms with E-state index in [0.717, 1.165) is 35.6 Å². The molecular weight excluding hydrogens is 634 g/mol. The zero-order valence-corrected chi connectivity index (χ0v) is 28.9. The molecular formula is C35H49N5O7S. The van der Waals surface area contributed by atoms with Gasteiger partial charge in [-0.25, -0.2) is 9.52 Å². The number of hydrogen-bond acceptors (Lipinski definition) is 7. The molecule has 1 saturated carbocycles. The number of nitrogens with two attached hydrogens (primary N) is 1. The van der Waals surface area contributed by atoms with Crippen LogP contribution >= 0.6 is 0 Å². The summed E-state index contributed by atoms with van der Waals surface area (Å²) in [7, 11) is -3.97. The van der Waals surface area contributed by atoms with Crippen LogP contribution < -0.4 is 20.5 Å². The van der Waals surface area contributed by atoms with Crippen molar-refractivity contribution in [1.82, 2.24) is 19.7 Å². The second-order valence-electron chi connectivity index (χ2n) is 13.6. The van der Waals surface area contributed by atoms with Gasteiger partial charge in [-0.2, -0.15) is 13.1 Å². The van der Waals surface area contributed by atoms with E-state index in [2.05, 4.69) is 14.8 Å². The molecule has 1 aliphatic carbocycles. The number of ether oxygens (including phenoxy) is 1. The highest BCUT2D eigenvalue weighted by Crippen LogP contribution is 2.40. The third-order valence-corrected chi connectivity index (χ3v) is 9.63. The smallest absolute Gasteiger partial charge is 0.408 e. The Balaban J connectivity index is 1.15. The van der Waals surface area contributed by atoms with Crippen molar-refractivity contribution in [1.29, 1.82) is 0 Å². The van der Waals surface area contributed by atoms with Gasteiger partial charge in [0.15, 0.2) is 0 Å². The van der Waals surface area contributed by atoms with Gasteiger partial charge < -0.3 is 20.7 Å². The van der Waals surface area contributed by atoms with E-state index in [0.29, 0.717) is 45.1 Å². The molecule has 48 heavy (non-hydrogen) atoms. The molecule has 12 nitrogen and oxygen atoms in total. The van der Waals surface area contributed by atoms with Crippen molar-refractivity contribution in [2.75, 3.05) is 13.1 Å². The molecule has 4 amide bonds. The van der Waals surface area contributed by atoms with Gasteiger partial charge in [0.05, 0.1) is 0 Å². The second-order valence-corrected chi connectivity index (χ2v) is 15.1. The molecule has 0 spiro atoms. The van der Waals surface area contributed by atoms with Gasteiger partial charge in [0.25, 0.3) is 0 Å². The molecule has 1 heterocycles. The van der Waals surface area contributed by atoms with Gasteiger partial charge in [0, 0.05) is 19.0 Å². The average molecular weight is 684 g/mol. The van der Waals surface area contributed by atoms with Gasteiger partial charge in [-0.1, -0.05) is 67.5 Å². The molecule has 13 heteroatoms. The zero-order chi connectivity index (χ0) is 34.9. The number of nitrogens with one attached hydrogen (secondary N) is 3. The molecule has 5 N–H and O–H groups in total. The number of primary amides is 1. The van der Waals surface area contributed by atoms with Gasteiger partial charge in [-0.15, -0.1) is 0 Å². The number of alkyl carbamates (subject to hydrolysis) is 1. The highest BCUT2D eigenvalue weighted by atomic mass is 32.2. The molecule has 1 saturated heterocycles. The first-order valence-corrected chi connectivity index (χ1v) is 18.3. The molecule has 2 aromatic carbocycles. The molecule has 0 bridgehead atoms. The topological polar surface area (TPSA) is 177 Å². The number of carbonyl (C=O) groups excluding carboxylic acids is 4. The minimum atomic E-state index is -3.97. The lowest BCUT2D eigenvalue weighted by atomic mass is 10.0. The van der Waals surface area contributed by atoms with Crippen LogP contribution in [0.15, 0.2) is 54.6 Å². The number of benzene rings is 2. The fraction of sp³-hybridized carbons (Fsp3) is 0.543. The SMILES string of the molecule is CC(C)(C)OC(=O)N[C@@H](CCCCC/C=C\C1C[C@@H]1C(=O)NS(=O)(=O)NCCc1cccc2ccccc12)C(=O)N1CCC[C@H]1C(N)=O. The molecule has 1 aliphatic heterocycles. The minimum absolute atomic E-state index is 0.00502. The van der Waals surface area contributed by atoms with Crippen LogP contribution in [-0.4, -0.2) is 67.9 Å². The maximum Gasteiger partial charge on any atom is 0.408 e. The highest BCUT2D eigenvalue weighted by molar-refractivity contribution is 7.88. The first-order valence-electron chi connectivity index (χ1n) is 16.8. The first kappa shape index (κ1) is 36.9. The molecule has 2 fully saturated rings. The number of carbonyl (C=O) groups is 4. The molecule has 4 rings (SSSR count). The highest BCUT2D eigenvalue weighted by Gasteiger charge is 2.42. The van der Waals surface area contributed by atoms with E-state index in [1.54, 1.807) is 20.8 Å². The largest absolute Gasteiger partial charge is 0.444 e. The van der Waals surface area contributed by atoms with Crippen LogP contribution in [0.5, 0.6) is 0 Å². The van der Waals surface area contributed by atoms with Crippen molar-refractivity contribution in [3.63, 3.8) is 0 Å². The lowest BCUT2D eigenvalue weighted by Crippen LogP contribution is -2.53. The summed E-state index contributed by atoms with van der Waals surface area (Å²) in [5.74, 6) is -1.77. The molecule has 4 atom stereocenters. The summed E-state index contributed by atoms with van der Waals surface area (Å²) in [6, 6.07) is 12.3. The van der Waals surface area contributed by atoms with Crippen LogP contribution in [-0.2, 0) is 35.8 Å².